The molecule has 2 rings (SSSR count). The molecular formula is C11H14N2OS2. The minimum atomic E-state index is 0.747. The maximum atomic E-state index is 4.97. The van der Waals surface area contributed by atoms with Crippen LogP contribution in [0.3, 0.4) is 0 Å². The second-order valence-corrected chi connectivity index (χ2v) is 5.34. The van der Waals surface area contributed by atoms with Crippen molar-refractivity contribution in [2.24, 2.45) is 0 Å². The summed E-state index contributed by atoms with van der Waals surface area (Å²) in [5.41, 5.74) is 0. The largest absolute Gasteiger partial charge is 0.383 e. The van der Waals surface area contributed by atoms with Crippen LogP contribution >= 0.6 is 22.7 Å². The van der Waals surface area contributed by atoms with Crippen molar-refractivity contribution in [3.05, 3.63) is 28.6 Å². The minimum Gasteiger partial charge on any atom is -0.383 e. The van der Waals surface area contributed by atoms with Gasteiger partial charge in [-0.3, -0.25) is 0 Å². The molecule has 0 aromatic carbocycles. The van der Waals surface area contributed by atoms with Crippen LogP contribution in [0.5, 0.6) is 0 Å². The van der Waals surface area contributed by atoms with Crippen molar-refractivity contribution in [2.45, 2.75) is 6.54 Å². The van der Waals surface area contributed by atoms with Crippen LogP contribution in [0.25, 0.3) is 9.88 Å². The first-order valence-electron chi connectivity index (χ1n) is 5.08. The Morgan fingerprint density at radius 2 is 2.44 bits per heavy atom. The number of methoxy groups -OCH3 is 1. The van der Waals surface area contributed by atoms with Crippen molar-refractivity contribution in [3.63, 3.8) is 0 Å². The van der Waals surface area contributed by atoms with Crippen molar-refractivity contribution in [2.75, 3.05) is 20.3 Å². The summed E-state index contributed by atoms with van der Waals surface area (Å²) in [6.07, 6.45) is 1.94. The quantitative estimate of drug-likeness (QED) is 0.805. The molecule has 0 amide bonds. The zero-order chi connectivity index (χ0) is 11.2. The molecule has 0 bridgehead atoms. The number of hydrogen-bond donors (Lipinski definition) is 1. The average molecular weight is 254 g/mol. The summed E-state index contributed by atoms with van der Waals surface area (Å²) in [6, 6.07) is 4.16. The van der Waals surface area contributed by atoms with E-state index < -0.39 is 0 Å². The van der Waals surface area contributed by atoms with Crippen LogP contribution in [0, 0.1) is 0 Å². The number of rotatable bonds is 6. The van der Waals surface area contributed by atoms with E-state index in [0.717, 1.165) is 24.7 Å². The summed E-state index contributed by atoms with van der Waals surface area (Å²) < 4.78 is 4.97. The highest BCUT2D eigenvalue weighted by atomic mass is 32.1. The first-order valence-corrected chi connectivity index (χ1v) is 6.78. The number of thiophene rings is 1. The van der Waals surface area contributed by atoms with E-state index in [0.29, 0.717) is 0 Å². The van der Waals surface area contributed by atoms with Crippen molar-refractivity contribution >= 4 is 22.7 Å². The van der Waals surface area contributed by atoms with Gasteiger partial charge in [0.2, 0.25) is 0 Å². The monoisotopic (exact) mass is 254 g/mol. The van der Waals surface area contributed by atoms with Gasteiger partial charge in [0.25, 0.3) is 0 Å². The fraction of sp³-hybridized carbons (Fsp3) is 0.364. The van der Waals surface area contributed by atoms with Gasteiger partial charge in [0.1, 0.15) is 5.01 Å². The topological polar surface area (TPSA) is 34.1 Å². The molecule has 0 aliphatic carbocycles. The SMILES string of the molecule is COCCNCc1cnc(-c2cccs2)s1. The summed E-state index contributed by atoms with van der Waals surface area (Å²) in [5.74, 6) is 0. The first kappa shape index (κ1) is 11.7. The lowest BCUT2D eigenvalue weighted by Crippen LogP contribution is -2.17. The number of aromatic nitrogens is 1. The summed E-state index contributed by atoms with van der Waals surface area (Å²) in [5, 5.41) is 6.50. The minimum absolute atomic E-state index is 0.747. The lowest BCUT2D eigenvalue weighted by atomic mass is 10.5. The number of thiazole rings is 1. The Bertz CT molecular complexity index is 411. The molecule has 0 radical (unpaired) electrons. The van der Waals surface area contributed by atoms with E-state index in [2.05, 4.69) is 27.8 Å². The highest BCUT2D eigenvalue weighted by Crippen LogP contribution is 2.28. The Kier molecular flexibility index (Phi) is 4.47. The maximum Gasteiger partial charge on any atom is 0.133 e. The fourth-order valence-corrected chi connectivity index (χ4v) is 2.97. The van der Waals surface area contributed by atoms with Crippen molar-refractivity contribution in [3.8, 4) is 9.88 Å². The van der Waals surface area contributed by atoms with E-state index in [9.17, 15) is 0 Å². The van der Waals surface area contributed by atoms with Gasteiger partial charge in [-0.2, -0.15) is 0 Å². The first-order chi connectivity index (χ1) is 7.90. The van der Waals surface area contributed by atoms with E-state index in [1.54, 1.807) is 29.8 Å². The van der Waals surface area contributed by atoms with Crippen molar-refractivity contribution in [1.29, 1.82) is 0 Å². The number of nitrogens with zero attached hydrogens (tertiary/aromatic N) is 1. The molecule has 0 aliphatic heterocycles. The van der Waals surface area contributed by atoms with Gasteiger partial charge >= 0.3 is 0 Å². The molecule has 16 heavy (non-hydrogen) atoms. The third kappa shape index (κ3) is 3.12. The summed E-state index contributed by atoms with van der Waals surface area (Å²) >= 11 is 3.47. The van der Waals surface area contributed by atoms with Crippen LogP contribution in [0.2, 0.25) is 0 Å². The zero-order valence-corrected chi connectivity index (χ0v) is 10.7. The average Bonchev–Trinajstić information content (AvgIpc) is 2.94. The molecule has 5 heteroatoms. The molecular weight excluding hydrogens is 240 g/mol. The molecule has 0 aliphatic rings. The standard InChI is InChI=1S/C11H14N2OS2/c1-14-5-4-12-7-9-8-13-11(16-9)10-3-2-6-15-10/h2-3,6,8,12H,4-5,7H2,1H3. The van der Waals surface area contributed by atoms with Crippen LogP contribution in [-0.4, -0.2) is 25.2 Å². The van der Waals surface area contributed by atoms with Crippen LogP contribution in [0.1, 0.15) is 4.88 Å². The van der Waals surface area contributed by atoms with E-state index >= 15 is 0 Å². The second-order valence-electron chi connectivity index (χ2n) is 3.28. The van der Waals surface area contributed by atoms with Crippen LogP contribution in [-0.2, 0) is 11.3 Å². The number of ether oxygens (including phenoxy) is 1. The maximum absolute atomic E-state index is 4.97. The van der Waals surface area contributed by atoms with Gasteiger partial charge < -0.3 is 10.1 Å². The summed E-state index contributed by atoms with van der Waals surface area (Å²) in [4.78, 5) is 6.92. The normalized spacial score (nSPS) is 10.8. The molecule has 0 atom stereocenters. The molecule has 1 N–H and O–H groups in total. The van der Waals surface area contributed by atoms with E-state index in [-0.39, 0.29) is 0 Å². The van der Waals surface area contributed by atoms with Gasteiger partial charge in [0.05, 0.1) is 11.5 Å². The number of nitrogens with one attached hydrogen (secondary N) is 1. The molecule has 86 valence electrons. The van der Waals surface area contributed by atoms with E-state index in [1.165, 1.54) is 9.75 Å². The molecule has 0 spiro atoms. The molecule has 2 aromatic heterocycles. The third-order valence-corrected chi connectivity index (χ3v) is 4.10. The smallest absolute Gasteiger partial charge is 0.133 e. The van der Waals surface area contributed by atoms with Crippen LogP contribution in [0.4, 0.5) is 0 Å². The predicted molar refractivity (Wildman–Crippen MR) is 69.0 cm³/mol. The highest BCUT2D eigenvalue weighted by molar-refractivity contribution is 7.20. The van der Waals surface area contributed by atoms with Gasteiger partial charge in [-0.1, -0.05) is 6.07 Å². The molecule has 0 unspecified atom stereocenters. The van der Waals surface area contributed by atoms with E-state index in [4.69, 9.17) is 4.74 Å². The summed E-state index contributed by atoms with van der Waals surface area (Å²) in [6.45, 7) is 2.49. The Balaban J connectivity index is 1.88. The second kappa shape index (κ2) is 6.10. The molecule has 0 saturated heterocycles. The molecule has 0 fully saturated rings. The van der Waals surface area contributed by atoms with Gasteiger partial charge in [-0.15, -0.1) is 22.7 Å². The van der Waals surface area contributed by atoms with Crippen LogP contribution in [0.15, 0.2) is 23.7 Å². The van der Waals surface area contributed by atoms with Gasteiger partial charge in [0.15, 0.2) is 0 Å². The van der Waals surface area contributed by atoms with Gasteiger partial charge in [-0.05, 0) is 11.4 Å². The van der Waals surface area contributed by atoms with E-state index in [1.807, 2.05) is 6.20 Å². The molecule has 3 nitrogen and oxygen atoms in total. The number of hydrogen-bond acceptors (Lipinski definition) is 5. The van der Waals surface area contributed by atoms with Crippen molar-refractivity contribution < 1.29 is 4.74 Å². The predicted octanol–water partition coefficient (Wildman–Crippen LogP) is 2.61. The molecule has 2 aromatic rings. The van der Waals surface area contributed by atoms with Crippen LogP contribution < -0.4 is 5.32 Å². The summed E-state index contributed by atoms with van der Waals surface area (Å²) in [7, 11) is 1.71. The zero-order valence-electron chi connectivity index (χ0n) is 9.10. The van der Waals surface area contributed by atoms with Crippen molar-refractivity contribution in [1.82, 2.24) is 10.3 Å². The third-order valence-electron chi connectivity index (χ3n) is 2.07. The lowest BCUT2D eigenvalue weighted by Gasteiger charge is -2.00. The Hall–Kier alpha value is -0.750. The molecule has 2 heterocycles. The highest BCUT2D eigenvalue weighted by Gasteiger charge is 2.04. The lowest BCUT2D eigenvalue weighted by molar-refractivity contribution is 0.199. The Morgan fingerprint density at radius 1 is 1.50 bits per heavy atom. The molecule has 0 saturated carbocycles. The Labute approximate surface area is 103 Å². The van der Waals surface area contributed by atoms with Gasteiger partial charge in [0, 0.05) is 31.3 Å². The fourth-order valence-electron chi connectivity index (χ4n) is 1.29. The Morgan fingerprint density at radius 3 is 3.19 bits per heavy atom. The van der Waals surface area contributed by atoms with Gasteiger partial charge in [-0.25, -0.2) is 4.98 Å².